The van der Waals surface area contributed by atoms with Gasteiger partial charge in [-0.2, -0.15) is 0 Å². The molecule has 0 fully saturated rings. The maximum absolute atomic E-state index is 13.0. The monoisotopic (exact) mass is 397 g/mol. The summed E-state index contributed by atoms with van der Waals surface area (Å²) in [7, 11) is 0. The number of hydrogen-bond donors (Lipinski definition) is 1. The first kappa shape index (κ1) is 18.2. The minimum Gasteiger partial charge on any atom is -0.387 e. The molecule has 0 saturated carbocycles. The van der Waals surface area contributed by atoms with Gasteiger partial charge in [-0.25, -0.2) is 15.0 Å². The van der Waals surface area contributed by atoms with Crippen LogP contribution in [0.4, 0.5) is 11.6 Å². The molecule has 4 aromatic rings. The van der Waals surface area contributed by atoms with Crippen molar-refractivity contribution < 1.29 is 5.11 Å². The molecule has 0 saturated heterocycles. The van der Waals surface area contributed by atoms with Crippen molar-refractivity contribution in [1.82, 2.24) is 19.5 Å². The largest absolute Gasteiger partial charge is 0.387 e. The maximum Gasteiger partial charge on any atom is 0.255 e. The maximum atomic E-state index is 13.0. The van der Waals surface area contributed by atoms with Crippen molar-refractivity contribution in [3.05, 3.63) is 101 Å². The highest BCUT2D eigenvalue weighted by Crippen LogP contribution is 2.34. The number of aliphatic hydroxyl groups is 1. The van der Waals surface area contributed by atoms with Gasteiger partial charge in [0.05, 0.1) is 30.6 Å². The van der Waals surface area contributed by atoms with Crippen LogP contribution in [0.2, 0.25) is 0 Å². The normalized spacial score (nSPS) is 13.4. The van der Waals surface area contributed by atoms with Crippen LogP contribution in [0.15, 0.2) is 84.0 Å². The molecule has 1 aliphatic heterocycles. The molecule has 2 aromatic carbocycles. The Bertz CT molecular complexity index is 1240. The average molecular weight is 397 g/mol. The van der Waals surface area contributed by atoms with E-state index in [1.54, 1.807) is 16.8 Å². The van der Waals surface area contributed by atoms with E-state index >= 15 is 0 Å². The Morgan fingerprint density at radius 2 is 1.80 bits per heavy atom. The van der Waals surface area contributed by atoms with E-state index in [9.17, 15) is 9.90 Å². The summed E-state index contributed by atoms with van der Waals surface area (Å²) in [6.07, 6.45) is 2.30. The smallest absolute Gasteiger partial charge is 0.255 e. The van der Waals surface area contributed by atoms with E-state index in [-0.39, 0.29) is 12.1 Å². The van der Waals surface area contributed by atoms with Crippen molar-refractivity contribution in [2.75, 3.05) is 11.4 Å². The quantitative estimate of drug-likeness (QED) is 0.570. The molecule has 148 valence electrons. The van der Waals surface area contributed by atoms with E-state index in [0.717, 1.165) is 16.8 Å². The van der Waals surface area contributed by atoms with E-state index in [1.807, 2.05) is 59.5 Å². The van der Waals surface area contributed by atoms with Gasteiger partial charge < -0.3 is 10.0 Å². The zero-order valence-electron chi connectivity index (χ0n) is 16.1. The predicted molar refractivity (Wildman–Crippen MR) is 113 cm³/mol. The van der Waals surface area contributed by atoms with Gasteiger partial charge in [0, 0.05) is 18.0 Å². The summed E-state index contributed by atoms with van der Waals surface area (Å²) < 4.78 is 1.63. The highest BCUT2D eigenvalue weighted by molar-refractivity contribution is 5.67. The fourth-order valence-electron chi connectivity index (χ4n) is 3.74. The third-order valence-electron chi connectivity index (χ3n) is 5.22. The molecule has 0 radical (unpaired) electrons. The SMILES string of the molecule is O=c1cc(-c2ccncn2)nc2n1Cc1ccccc1N2C[C@H](O)c1ccccc1. The molecule has 1 atom stereocenters. The number of anilines is 2. The van der Waals surface area contributed by atoms with Gasteiger partial charge in [0.15, 0.2) is 0 Å². The summed E-state index contributed by atoms with van der Waals surface area (Å²) in [6.45, 7) is 0.694. The van der Waals surface area contributed by atoms with Crippen molar-refractivity contribution in [3.8, 4) is 11.4 Å². The first-order chi connectivity index (χ1) is 14.7. The van der Waals surface area contributed by atoms with Crippen LogP contribution in [0.5, 0.6) is 0 Å². The van der Waals surface area contributed by atoms with Gasteiger partial charge in [0.2, 0.25) is 5.95 Å². The van der Waals surface area contributed by atoms with Gasteiger partial charge in [0.25, 0.3) is 5.56 Å². The van der Waals surface area contributed by atoms with Crippen molar-refractivity contribution in [3.63, 3.8) is 0 Å². The van der Waals surface area contributed by atoms with Gasteiger partial charge >= 0.3 is 0 Å². The number of rotatable bonds is 4. The lowest BCUT2D eigenvalue weighted by Crippen LogP contribution is -2.37. The van der Waals surface area contributed by atoms with Crippen molar-refractivity contribution in [2.24, 2.45) is 0 Å². The molecule has 1 N–H and O–H groups in total. The molecular formula is C23H19N5O2. The van der Waals surface area contributed by atoms with Crippen molar-refractivity contribution in [2.45, 2.75) is 12.6 Å². The number of hydrogen-bond acceptors (Lipinski definition) is 6. The highest BCUT2D eigenvalue weighted by Gasteiger charge is 2.27. The van der Waals surface area contributed by atoms with E-state index in [0.29, 0.717) is 23.9 Å². The minimum absolute atomic E-state index is 0.165. The van der Waals surface area contributed by atoms with Crippen molar-refractivity contribution >= 4 is 11.6 Å². The lowest BCUT2D eigenvalue weighted by atomic mass is 10.1. The third-order valence-corrected chi connectivity index (χ3v) is 5.22. The molecule has 30 heavy (non-hydrogen) atoms. The second kappa shape index (κ2) is 7.53. The van der Waals surface area contributed by atoms with Crippen LogP contribution >= 0.6 is 0 Å². The van der Waals surface area contributed by atoms with E-state index in [1.165, 1.54) is 12.4 Å². The molecule has 5 rings (SSSR count). The van der Waals surface area contributed by atoms with Crippen LogP contribution in [0, 0.1) is 0 Å². The molecule has 7 nitrogen and oxygen atoms in total. The molecule has 0 unspecified atom stereocenters. The highest BCUT2D eigenvalue weighted by atomic mass is 16.3. The van der Waals surface area contributed by atoms with Crippen LogP contribution < -0.4 is 10.5 Å². The number of benzene rings is 2. The second-order valence-electron chi connectivity index (χ2n) is 7.13. The summed E-state index contributed by atoms with van der Waals surface area (Å²) in [6, 6.07) is 20.6. The molecule has 2 aromatic heterocycles. The molecule has 0 aliphatic carbocycles. The van der Waals surface area contributed by atoms with E-state index < -0.39 is 6.10 Å². The number of aliphatic hydroxyl groups excluding tert-OH is 1. The lowest BCUT2D eigenvalue weighted by molar-refractivity contribution is 0.185. The standard InChI is InChI=1S/C23H19N5O2/c29-21(16-6-2-1-3-7-16)14-27-20-9-5-4-8-17(20)13-28-22(30)12-19(26-23(27)28)18-10-11-24-15-25-18/h1-12,15,21,29H,13-14H2/t21-/m0/s1. The zero-order valence-corrected chi connectivity index (χ0v) is 16.1. The fraction of sp³-hybridized carbons (Fsp3) is 0.130. The molecule has 3 heterocycles. The van der Waals surface area contributed by atoms with Crippen LogP contribution in [-0.2, 0) is 6.54 Å². The number of β-amino-alcohol motifs (C(OH)–C–C–N with tert-alkyl or cyclic N) is 1. The Labute approximate surface area is 172 Å². The first-order valence-corrected chi connectivity index (χ1v) is 9.67. The third kappa shape index (κ3) is 3.25. The summed E-state index contributed by atoms with van der Waals surface area (Å²) in [5, 5.41) is 10.9. The van der Waals surface area contributed by atoms with Crippen molar-refractivity contribution in [1.29, 1.82) is 0 Å². The molecule has 0 amide bonds. The van der Waals surface area contributed by atoms with E-state index in [2.05, 4.69) is 9.97 Å². The summed E-state index contributed by atoms with van der Waals surface area (Å²) in [5.41, 5.74) is 3.63. The lowest BCUT2D eigenvalue weighted by Gasteiger charge is -2.34. The van der Waals surface area contributed by atoms with Crippen LogP contribution in [-0.4, -0.2) is 31.2 Å². The Hall–Kier alpha value is -3.84. The number of aromatic nitrogens is 4. The Morgan fingerprint density at radius 3 is 2.60 bits per heavy atom. The minimum atomic E-state index is -0.745. The van der Waals surface area contributed by atoms with Gasteiger partial charge in [-0.05, 0) is 23.3 Å². The number of para-hydroxylation sites is 1. The fourth-order valence-corrected chi connectivity index (χ4v) is 3.74. The topological polar surface area (TPSA) is 84.1 Å². The Kier molecular flexibility index (Phi) is 4.57. The summed E-state index contributed by atoms with van der Waals surface area (Å²) in [5.74, 6) is 0.491. The van der Waals surface area contributed by atoms with Crippen LogP contribution in [0.1, 0.15) is 17.2 Å². The van der Waals surface area contributed by atoms with Gasteiger partial charge in [-0.1, -0.05) is 48.5 Å². The predicted octanol–water partition coefficient (Wildman–Crippen LogP) is 2.93. The van der Waals surface area contributed by atoms with E-state index in [4.69, 9.17) is 4.98 Å². The first-order valence-electron chi connectivity index (χ1n) is 9.67. The Morgan fingerprint density at radius 1 is 1.00 bits per heavy atom. The van der Waals surface area contributed by atoms with Crippen LogP contribution in [0.3, 0.4) is 0 Å². The molecule has 7 heteroatoms. The number of fused-ring (bicyclic) bond motifs is 2. The second-order valence-corrected chi connectivity index (χ2v) is 7.13. The van der Waals surface area contributed by atoms with Gasteiger partial charge in [-0.3, -0.25) is 9.36 Å². The molecule has 0 bridgehead atoms. The Balaban J connectivity index is 1.63. The summed E-state index contributed by atoms with van der Waals surface area (Å²) >= 11 is 0. The summed E-state index contributed by atoms with van der Waals surface area (Å²) in [4.78, 5) is 27.8. The van der Waals surface area contributed by atoms with Gasteiger partial charge in [0.1, 0.15) is 6.33 Å². The molecule has 1 aliphatic rings. The zero-order chi connectivity index (χ0) is 20.5. The average Bonchev–Trinajstić information content (AvgIpc) is 2.80. The molecule has 0 spiro atoms. The van der Waals surface area contributed by atoms with Gasteiger partial charge in [-0.15, -0.1) is 0 Å². The molecular weight excluding hydrogens is 378 g/mol. The number of nitrogens with zero attached hydrogens (tertiary/aromatic N) is 5. The van der Waals surface area contributed by atoms with Crippen LogP contribution in [0.25, 0.3) is 11.4 Å².